The van der Waals surface area contributed by atoms with E-state index in [4.69, 9.17) is 27.3 Å². The zero-order valence-corrected chi connectivity index (χ0v) is 21.4. The molecule has 1 fully saturated rings. The maximum atomic E-state index is 13.7. The molecule has 3 N–H and O–H groups in total. The highest BCUT2D eigenvalue weighted by Gasteiger charge is 2.32. The minimum Gasteiger partial charge on any atom is -0.497 e. The Labute approximate surface area is 221 Å². The summed E-state index contributed by atoms with van der Waals surface area (Å²) in [6, 6.07) is 20.4. The summed E-state index contributed by atoms with van der Waals surface area (Å²) in [4.78, 5) is 28.3. The van der Waals surface area contributed by atoms with Crippen LogP contribution >= 0.6 is 11.6 Å². The molecule has 2 atom stereocenters. The molecular weight excluding hydrogens is 488 g/mol. The van der Waals surface area contributed by atoms with Gasteiger partial charge in [-0.15, -0.1) is 0 Å². The van der Waals surface area contributed by atoms with Gasteiger partial charge in [0.05, 0.1) is 18.7 Å². The van der Waals surface area contributed by atoms with Crippen molar-refractivity contribution in [1.29, 1.82) is 5.26 Å². The number of anilines is 1. The van der Waals surface area contributed by atoms with Gasteiger partial charge in [0.2, 0.25) is 0 Å². The second-order valence-corrected chi connectivity index (χ2v) is 9.53. The zero-order valence-electron chi connectivity index (χ0n) is 20.6. The van der Waals surface area contributed by atoms with E-state index in [0.717, 1.165) is 25.7 Å². The van der Waals surface area contributed by atoms with E-state index in [1.54, 1.807) is 78.7 Å². The Morgan fingerprint density at radius 3 is 2.38 bits per heavy atom. The molecule has 190 valence electrons. The van der Waals surface area contributed by atoms with Gasteiger partial charge in [-0.05, 0) is 85.1 Å². The van der Waals surface area contributed by atoms with E-state index in [-0.39, 0.29) is 30.4 Å². The fourth-order valence-electron chi connectivity index (χ4n) is 4.62. The van der Waals surface area contributed by atoms with Crippen LogP contribution in [0.25, 0.3) is 0 Å². The standard InChI is InChI=1S/C29H29ClN4O3/c1-37-24-13-10-21(11-14-24)29(36)34(27-5-3-2-4-26(27)32)18-22-16-23(12-15-25(22)30)33-28(35)20-8-6-19(17-31)7-9-20/h6-16,26-27H,2-5,18,32H2,1H3,(H,33,35). The molecule has 0 saturated heterocycles. The number of hydrogen-bond donors (Lipinski definition) is 2. The highest BCUT2D eigenvalue weighted by Crippen LogP contribution is 2.29. The molecule has 0 aliphatic heterocycles. The van der Waals surface area contributed by atoms with Crippen molar-refractivity contribution in [2.75, 3.05) is 12.4 Å². The SMILES string of the molecule is COc1ccc(C(=O)N(Cc2cc(NC(=O)c3ccc(C#N)cc3)ccc2Cl)C2CCCCC2N)cc1. The highest BCUT2D eigenvalue weighted by atomic mass is 35.5. The molecule has 4 rings (SSSR count). The van der Waals surface area contributed by atoms with Gasteiger partial charge in [0.25, 0.3) is 11.8 Å². The van der Waals surface area contributed by atoms with E-state index in [1.165, 1.54) is 0 Å². The third-order valence-electron chi connectivity index (χ3n) is 6.70. The fourth-order valence-corrected chi connectivity index (χ4v) is 4.80. The molecule has 0 bridgehead atoms. The molecule has 0 radical (unpaired) electrons. The molecule has 1 saturated carbocycles. The van der Waals surface area contributed by atoms with Gasteiger partial charge in [0, 0.05) is 40.5 Å². The third-order valence-corrected chi connectivity index (χ3v) is 7.07. The smallest absolute Gasteiger partial charge is 0.255 e. The van der Waals surface area contributed by atoms with Crippen molar-refractivity contribution in [3.63, 3.8) is 0 Å². The number of carbonyl (C=O) groups is 2. The van der Waals surface area contributed by atoms with Gasteiger partial charge >= 0.3 is 0 Å². The summed E-state index contributed by atoms with van der Waals surface area (Å²) in [7, 11) is 1.58. The summed E-state index contributed by atoms with van der Waals surface area (Å²) in [5.74, 6) is 0.234. The lowest BCUT2D eigenvalue weighted by atomic mass is 9.89. The van der Waals surface area contributed by atoms with Crippen LogP contribution < -0.4 is 15.8 Å². The highest BCUT2D eigenvalue weighted by molar-refractivity contribution is 6.31. The predicted octanol–water partition coefficient (Wildman–Crippen LogP) is 5.38. The monoisotopic (exact) mass is 516 g/mol. The number of amides is 2. The number of methoxy groups -OCH3 is 1. The molecule has 1 aliphatic rings. The van der Waals surface area contributed by atoms with Crippen LogP contribution in [-0.4, -0.2) is 35.9 Å². The molecule has 0 spiro atoms. The Hall–Kier alpha value is -3.86. The second-order valence-electron chi connectivity index (χ2n) is 9.13. The number of nitrogens with one attached hydrogen (secondary N) is 1. The Kier molecular flexibility index (Phi) is 8.44. The largest absolute Gasteiger partial charge is 0.497 e. The summed E-state index contributed by atoms with van der Waals surface area (Å²) in [6.07, 6.45) is 3.71. The average molecular weight is 517 g/mol. The van der Waals surface area contributed by atoms with Crippen molar-refractivity contribution in [3.8, 4) is 11.8 Å². The Balaban J connectivity index is 1.59. The maximum absolute atomic E-state index is 13.7. The number of benzene rings is 3. The van der Waals surface area contributed by atoms with E-state index in [9.17, 15) is 9.59 Å². The molecule has 2 unspecified atom stereocenters. The van der Waals surface area contributed by atoms with Crippen LogP contribution in [-0.2, 0) is 6.54 Å². The summed E-state index contributed by atoms with van der Waals surface area (Å²) >= 11 is 6.56. The van der Waals surface area contributed by atoms with Gasteiger partial charge in [-0.3, -0.25) is 9.59 Å². The van der Waals surface area contributed by atoms with Crippen LogP contribution in [0.3, 0.4) is 0 Å². The number of rotatable bonds is 7. The van der Waals surface area contributed by atoms with Crippen molar-refractivity contribution in [1.82, 2.24) is 4.90 Å². The first-order chi connectivity index (χ1) is 17.9. The van der Waals surface area contributed by atoms with Crippen LogP contribution in [0.5, 0.6) is 5.75 Å². The van der Waals surface area contributed by atoms with Crippen molar-refractivity contribution in [2.24, 2.45) is 5.73 Å². The van der Waals surface area contributed by atoms with Crippen LogP contribution in [0, 0.1) is 11.3 Å². The fraction of sp³-hybridized carbons (Fsp3) is 0.276. The van der Waals surface area contributed by atoms with Crippen molar-refractivity contribution < 1.29 is 14.3 Å². The zero-order chi connectivity index (χ0) is 26.4. The maximum Gasteiger partial charge on any atom is 0.255 e. The number of ether oxygens (including phenoxy) is 1. The lowest BCUT2D eigenvalue weighted by Crippen LogP contribution is -2.51. The van der Waals surface area contributed by atoms with Gasteiger partial charge in [0.1, 0.15) is 5.75 Å². The van der Waals surface area contributed by atoms with Crippen molar-refractivity contribution >= 4 is 29.1 Å². The normalized spacial score (nSPS) is 16.9. The first-order valence-corrected chi connectivity index (χ1v) is 12.6. The second kappa shape index (κ2) is 11.9. The molecule has 3 aromatic rings. The molecule has 37 heavy (non-hydrogen) atoms. The summed E-state index contributed by atoms with van der Waals surface area (Å²) < 4.78 is 5.23. The molecule has 1 aliphatic carbocycles. The number of nitriles is 1. The first kappa shape index (κ1) is 26.2. The molecule has 0 aromatic heterocycles. The topological polar surface area (TPSA) is 108 Å². The lowest BCUT2D eigenvalue weighted by molar-refractivity contribution is 0.0583. The van der Waals surface area contributed by atoms with E-state index in [2.05, 4.69) is 5.32 Å². The molecular formula is C29H29ClN4O3. The van der Waals surface area contributed by atoms with Crippen LogP contribution in [0.2, 0.25) is 5.02 Å². The summed E-state index contributed by atoms with van der Waals surface area (Å²) in [5, 5.41) is 12.3. The Morgan fingerprint density at radius 2 is 1.73 bits per heavy atom. The van der Waals surface area contributed by atoms with Gasteiger partial charge < -0.3 is 20.7 Å². The molecule has 3 aromatic carbocycles. The lowest BCUT2D eigenvalue weighted by Gasteiger charge is -2.38. The van der Waals surface area contributed by atoms with Gasteiger partial charge in [-0.1, -0.05) is 24.4 Å². The van der Waals surface area contributed by atoms with E-state index in [1.807, 2.05) is 6.07 Å². The minimum absolute atomic E-state index is 0.128. The Bertz CT molecular complexity index is 1300. The molecule has 8 heteroatoms. The summed E-state index contributed by atoms with van der Waals surface area (Å²) in [6.45, 7) is 0.253. The number of hydrogen-bond acceptors (Lipinski definition) is 5. The van der Waals surface area contributed by atoms with Gasteiger partial charge in [-0.25, -0.2) is 0 Å². The quantitative estimate of drug-likeness (QED) is 0.438. The number of nitrogens with zero attached hydrogens (tertiary/aromatic N) is 2. The first-order valence-electron chi connectivity index (χ1n) is 12.2. The van der Waals surface area contributed by atoms with Gasteiger partial charge in [-0.2, -0.15) is 5.26 Å². The number of nitrogens with two attached hydrogens (primary N) is 1. The van der Waals surface area contributed by atoms with Crippen molar-refractivity contribution in [3.05, 3.63) is 94.0 Å². The predicted molar refractivity (Wildman–Crippen MR) is 144 cm³/mol. The van der Waals surface area contributed by atoms with Crippen molar-refractivity contribution in [2.45, 2.75) is 44.3 Å². The molecule has 7 nitrogen and oxygen atoms in total. The third kappa shape index (κ3) is 6.29. The minimum atomic E-state index is -0.307. The van der Waals surface area contributed by atoms with Crippen LogP contribution in [0.1, 0.15) is 57.5 Å². The summed E-state index contributed by atoms with van der Waals surface area (Å²) in [5.41, 5.74) is 9.20. The molecule has 2 amide bonds. The van der Waals surface area contributed by atoms with Crippen LogP contribution in [0.15, 0.2) is 66.7 Å². The van der Waals surface area contributed by atoms with E-state index >= 15 is 0 Å². The molecule has 0 heterocycles. The van der Waals surface area contributed by atoms with E-state index in [0.29, 0.717) is 38.7 Å². The van der Waals surface area contributed by atoms with Gasteiger partial charge in [0.15, 0.2) is 0 Å². The number of carbonyl (C=O) groups excluding carboxylic acids is 2. The average Bonchev–Trinajstić information content (AvgIpc) is 2.93. The van der Waals surface area contributed by atoms with E-state index < -0.39 is 0 Å². The number of halogens is 1. The van der Waals surface area contributed by atoms with Crippen LogP contribution in [0.4, 0.5) is 5.69 Å². The Morgan fingerprint density at radius 1 is 1.05 bits per heavy atom.